The molecule has 0 saturated heterocycles. The Balaban J connectivity index is 0.000000519. The second-order valence-electron chi connectivity index (χ2n) is 5.32. The number of alkyl halides is 6. The molecule has 0 bridgehead atoms. The van der Waals surface area contributed by atoms with Gasteiger partial charge in [0, 0.05) is 12.6 Å². The molecule has 4 N–H and O–H groups in total. The van der Waals surface area contributed by atoms with Crippen LogP contribution in [0.25, 0.3) is 0 Å². The highest BCUT2D eigenvalue weighted by molar-refractivity contribution is 5.33. The van der Waals surface area contributed by atoms with Gasteiger partial charge in [0.15, 0.2) is 0 Å². The molecule has 0 heterocycles. The van der Waals surface area contributed by atoms with Crippen LogP contribution in [0.15, 0.2) is 48.5 Å². The first-order chi connectivity index (χ1) is 12.4. The van der Waals surface area contributed by atoms with Crippen molar-refractivity contribution in [3.8, 4) is 0 Å². The smallest absolute Gasteiger partial charge is 0.326 e. The van der Waals surface area contributed by atoms with E-state index in [1.54, 1.807) is 0 Å². The van der Waals surface area contributed by atoms with E-state index < -0.39 is 23.5 Å². The highest BCUT2D eigenvalue weighted by atomic mass is 19.4. The predicted octanol–water partition coefficient (Wildman–Crippen LogP) is 5.92. The summed E-state index contributed by atoms with van der Waals surface area (Å²) in [4.78, 5) is 0. The molecule has 8 heteroatoms. The highest BCUT2D eigenvalue weighted by Gasteiger charge is 2.36. The number of rotatable bonds is 2. The van der Waals surface area contributed by atoms with Crippen LogP contribution in [0.4, 0.5) is 26.3 Å². The van der Waals surface area contributed by atoms with Crippen molar-refractivity contribution in [1.82, 2.24) is 0 Å². The molecule has 2 aromatic rings. The van der Waals surface area contributed by atoms with E-state index in [0.29, 0.717) is 12.1 Å². The lowest BCUT2D eigenvalue weighted by atomic mass is 10.0. The first-order valence-electron chi connectivity index (χ1n) is 8.24. The molecule has 0 aliphatic rings. The van der Waals surface area contributed by atoms with Gasteiger partial charge in [-0.15, -0.1) is 0 Å². The van der Waals surface area contributed by atoms with Gasteiger partial charge in [-0.25, -0.2) is 0 Å². The highest BCUT2D eigenvalue weighted by Crippen LogP contribution is 2.36. The second kappa shape index (κ2) is 10.9. The van der Waals surface area contributed by atoms with Gasteiger partial charge in [0.05, 0.1) is 11.1 Å². The Morgan fingerprint density at radius 3 is 1.48 bits per heavy atom. The van der Waals surface area contributed by atoms with Crippen LogP contribution in [-0.2, 0) is 18.9 Å². The van der Waals surface area contributed by atoms with Crippen molar-refractivity contribution in [2.45, 2.75) is 45.7 Å². The van der Waals surface area contributed by atoms with E-state index in [2.05, 4.69) is 0 Å². The lowest BCUT2D eigenvalue weighted by Crippen LogP contribution is -2.12. The summed E-state index contributed by atoms with van der Waals surface area (Å²) < 4.78 is 73.6. The minimum atomic E-state index is -4.81. The van der Waals surface area contributed by atoms with E-state index in [-0.39, 0.29) is 24.2 Å². The van der Waals surface area contributed by atoms with Crippen LogP contribution in [0.1, 0.15) is 49.1 Å². The summed E-state index contributed by atoms with van der Waals surface area (Å²) in [7, 11) is 0. The number of halogens is 6. The van der Waals surface area contributed by atoms with Gasteiger partial charge < -0.3 is 11.5 Å². The largest absolute Gasteiger partial charge is 0.416 e. The van der Waals surface area contributed by atoms with Gasteiger partial charge in [-0.2, -0.15) is 26.3 Å². The van der Waals surface area contributed by atoms with Gasteiger partial charge >= 0.3 is 12.4 Å². The molecule has 0 fully saturated rings. The van der Waals surface area contributed by atoms with Gasteiger partial charge in [-0.05, 0) is 36.2 Å². The van der Waals surface area contributed by atoms with E-state index in [1.165, 1.54) is 5.56 Å². The maximum Gasteiger partial charge on any atom is 0.416 e. The molecule has 0 amide bonds. The molecule has 0 aliphatic heterocycles. The third-order valence-electron chi connectivity index (χ3n) is 3.21. The molecule has 0 spiro atoms. The van der Waals surface area contributed by atoms with Crippen LogP contribution in [0, 0.1) is 0 Å². The number of hydrogen-bond acceptors (Lipinski definition) is 2. The van der Waals surface area contributed by atoms with Crippen LogP contribution in [0.5, 0.6) is 0 Å². The molecule has 1 atom stereocenters. The summed E-state index contributed by atoms with van der Waals surface area (Å²) in [6, 6.07) is 11.5. The zero-order valence-electron chi connectivity index (χ0n) is 15.3. The van der Waals surface area contributed by atoms with Crippen molar-refractivity contribution in [3.05, 3.63) is 70.8 Å². The zero-order chi connectivity index (χ0) is 21.3. The fourth-order valence-corrected chi connectivity index (χ4v) is 1.89. The summed E-state index contributed by atoms with van der Waals surface area (Å²) in [5.41, 5.74) is 8.95. The monoisotopic (exact) mass is 394 g/mol. The SMILES string of the molecule is CC.CC(N)c1ccccc1.NCc1cc(C(F)(F)F)cc(C(F)(F)F)c1. The van der Waals surface area contributed by atoms with Crippen LogP contribution >= 0.6 is 0 Å². The van der Waals surface area contributed by atoms with Crippen LogP contribution in [0.2, 0.25) is 0 Å². The summed E-state index contributed by atoms with van der Waals surface area (Å²) in [5, 5.41) is 0. The maximum atomic E-state index is 12.3. The Kier molecular flexibility index (Phi) is 10.1. The number of nitrogens with two attached hydrogens (primary N) is 2. The lowest BCUT2D eigenvalue weighted by molar-refractivity contribution is -0.143. The number of benzene rings is 2. The Labute approximate surface area is 155 Å². The zero-order valence-corrected chi connectivity index (χ0v) is 15.3. The predicted molar refractivity (Wildman–Crippen MR) is 94.7 cm³/mol. The minimum absolute atomic E-state index is 0.0686. The molecule has 1 unspecified atom stereocenters. The van der Waals surface area contributed by atoms with Crippen molar-refractivity contribution >= 4 is 0 Å². The molecule has 2 rings (SSSR count). The van der Waals surface area contributed by atoms with Crippen molar-refractivity contribution in [2.24, 2.45) is 11.5 Å². The molecule has 0 radical (unpaired) electrons. The average Bonchev–Trinajstić information content (AvgIpc) is 2.62. The third kappa shape index (κ3) is 8.92. The minimum Gasteiger partial charge on any atom is -0.326 e. The summed E-state index contributed by atoms with van der Waals surface area (Å²) >= 11 is 0. The topological polar surface area (TPSA) is 52.0 Å². The third-order valence-corrected chi connectivity index (χ3v) is 3.21. The van der Waals surface area contributed by atoms with Crippen LogP contribution < -0.4 is 11.5 Å². The van der Waals surface area contributed by atoms with Gasteiger partial charge in [0.1, 0.15) is 0 Å². The van der Waals surface area contributed by atoms with Crippen molar-refractivity contribution in [2.75, 3.05) is 0 Å². The van der Waals surface area contributed by atoms with Crippen molar-refractivity contribution in [3.63, 3.8) is 0 Å². The van der Waals surface area contributed by atoms with E-state index in [9.17, 15) is 26.3 Å². The van der Waals surface area contributed by atoms with Crippen molar-refractivity contribution in [1.29, 1.82) is 0 Å². The van der Waals surface area contributed by atoms with Crippen LogP contribution in [-0.4, -0.2) is 0 Å². The summed E-state index contributed by atoms with van der Waals surface area (Å²) in [6.07, 6.45) is -9.63. The fourth-order valence-electron chi connectivity index (χ4n) is 1.89. The normalized spacial score (nSPS) is 12.3. The molecule has 0 aromatic heterocycles. The molecular weight excluding hydrogens is 370 g/mol. The first-order valence-corrected chi connectivity index (χ1v) is 8.24. The Morgan fingerprint density at radius 1 is 0.815 bits per heavy atom. The van der Waals surface area contributed by atoms with Crippen LogP contribution in [0.3, 0.4) is 0 Å². The average molecular weight is 394 g/mol. The van der Waals surface area contributed by atoms with E-state index in [0.717, 1.165) is 0 Å². The maximum absolute atomic E-state index is 12.3. The van der Waals surface area contributed by atoms with Gasteiger partial charge in [-0.3, -0.25) is 0 Å². The molecule has 27 heavy (non-hydrogen) atoms. The van der Waals surface area contributed by atoms with E-state index in [4.69, 9.17) is 11.5 Å². The Hall–Kier alpha value is -2.06. The molecule has 2 aromatic carbocycles. The summed E-state index contributed by atoms with van der Waals surface area (Å²) in [6.45, 7) is 5.60. The van der Waals surface area contributed by atoms with E-state index >= 15 is 0 Å². The van der Waals surface area contributed by atoms with Crippen molar-refractivity contribution < 1.29 is 26.3 Å². The number of hydrogen-bond donors (Lipinski definition) is 2. The molecule has 0 aliphatic carbocycles. The summed E-state index contributed by atoms with van der Waals surface area (Å²) in [5.74, 6) is 0. The molecule has 2 nitrogen and oxygen atoms in total. The Morgan fingerprint density at radius 2 is 1.22 bits per heavy atom. The lowest BCUT2D eigenvalue weighted by Gasteiger charge is -2.13. The molecule has 152 valence electrons. The standard InChI is InChI=1S/C9H7F6N.C8H11N.C2H6/c10-8(11,12)6-1-5(4-16)2-7(3-6)9(13,14)15;1-7(9)8-5-3-2-4-6-8;1-2/h1-3H,4,16H2;2-7H,9H2,1H3;1-2H3. The fraction of sp³-hybridized carbons (Fsp3) is 0.368. The van der Waals surface area contributed by atoms with Gasteiger partial charge in [0.2, 0.25) is 0 Å². The van der Waals surface area contributed by atoms with Gasteiger partial charge in [-0.1, -0.05) is 44.2 Å². The quantitative estimate of drug-likeness (QED) is 0.622. The molecule has 0 saturated carbocycles. The molecular formula is C19H24F6N2. The Bertz CT molecular complexity index is 632. The van der Waals surface area contributed by atoms with Gasteiger partial charge in [0.25, 0.3) is 0 Å². The second-order valence-corrected chi connectivity index (χ2v) is 5.32. The van der Waals surface area contributed by atoms with E-state index in [1.807, 2.05) is 51.1 Å². The first kappa shape index (κ1) is 24.9.